The van der Waals surface area contributed by atoms with Crippen LogP contribution in [0.2, 0.25) is 0 Å². The normalized spacial score (nSPS) is 28.5. The van der Waals surface area contributed by atoms with Gasteiger partial charge in [-0.25, -0.2) is 9.98 Å². The van der Waals surface area contributed by atoms with E-state index in [1.54, 1.807) is 11.8 Å². The van der Waals surface area contributed by atoms with Gasteiger partial charge in [-0.1, -0.05) is 11.6 Å². The molecule has 0 N–H and O–H groups in total. The summed E-state index contributed by atoms with van der Waals surface area (Å²) in [6, 6.07) is 0. The van der Waals surface area contributed by atoms with Crippen molar-refractivity contribution in [1.82, 2.24) is 0 Å². The summed E-state index contributed by atoms with van der Waals surface area (Å²) in [6.45, 7) is 0. The number of nitrogens with zero attached hydrogens (tertiary/aromatic N) is 2. The molecule has 2 nitrogen and oxygen atoms in total. The van der Waals surface area contributed by atoms with E-state index in [9.17, 15) is 0 Å². The fraction of sp³-hybridized carbons (Fsp3) is 0.429. The molecule has 0 radical (unpaired) electrons. The van der Waals surface area contributed by atoms with Gasteiger partial charge in [0.25, 0.3) is 0 Å². The molecule has 1 unspecified atom stereocenters. The SMILES string of the molecule is ClC1=NC2=CC(SCC2)C(Cl)=N1. The fourth-order valence-electron chi connectivity index (χ4n) is 1.12. The molecular formula is C7H6Cl2N2S. The smallest absolute Gasteiger partial charge is 0.223 e. The Bertz CT molecular complexity index is 296. The van der Waals surface area contributed by atoms with Gasteiger partial charge in [0.05, 0.1) is 5.25 Å². The number of thioether (sulfide) groups is 1. The molecular weight excluding hydrogens is 215 g/mol. The number of halogens is 2. The summed E-state index contributed by atoms with van der Waals surface area (Å²) in [5.41, 5.74) is 1.00. The number of amidine groups is 1. The van der Waals surface area contributed by atoms with Crippen molar-refractivity contribution in [3.63, 3.8) is 0 Å². The van der Waals surface area contributed by atoms with Crippen molar-refractivity contribution in [3.8, 4) is 0 Å². The zero-order valence-electron chi connectivity index (χ0n) is 6.13. The molecule has 0 aliphatic carbocycles. The van der Waals surface area contributed by atoms with E-state index in [2.05, 4.69) is 9.98 Å². The standard InChI is InChI=1S/C7H6Cl2N2S/c8-6-5-3-4(1-2-12-5)10-7(9)11-6/h3,5H,1-2H2. The molecule has 0 aromatic carbocycles. The molecule has 0 fully saturated rings. The summed E-state index contributed by atoms with van der Waals surface area (Å²) in [5.74, 6) is 1.04. The number of fused-ring (bicyclic) bond motifs is 1. The van der Waals surface area contributed by atoms with Crippen LogP contribution in [0.5, 0.6) is 0 Å². The van der Waals surface area contributed by atoms with Crippen LogP contribution in [0.25, 0.3) is 0 Å². The van der Waals surface area contributed by atoms with E-state index in [1.165, 1.54) is 0 Å². The Kier molecular flexibility index (Phi) is 2.44. The van der Waals surface area contributed by atoms with Gasteiger partial charge in [0, 0.05) is 5.70 Å². The highest BCUT2D eigenvalue weighted by atomic mass is 35.5. The first-order chi connectivity index (χ1) is 5.75. The van der Waals surface area contributed by atoms with Crippen LogP contribution >= 0.6 is 35.0 Å². The summed E-state index contributed by atoms with van der Waals surface area (Å²) in [5, 5.41) is 0.940. The molecule has 1 atom stereocenters. The number of hydrogen-bond donors (Lipinski definition) is 0. The molecule has 2 rings (SSSR count). The molecule has 2 bridgehead atoms. The van der Waals surface area contributed by atoms with Gasteiger partial charge in [-0.2, -0.15) is 0 Å². The van der Waals surface area contributed by atoms with Gasteiger partial charge >= 0.3 is 0 Å². The predicted molar refractivity (Wildman–Crippen MR) is 55.5 cm³/mol. The van der Waals surface area contributed by atoms with Crippen LogP contribution in [0, 0.1) is 0 Å². The van der Waals surface area contributed by atoms with E-state index in [0.29, 0.717) is 5.17 Å². The second-order valence-electron chi connectivity index (χ2n) is 2.51. The van der Waals surface area contributed by atoms with E-state index >= 15 is 0 Å². The van der Waals surface area contributed by atoms with Crippen LogP contribution < -0.4 is 0 Å². The topological polar surface area (TPSA) is 24.7 Å². The van der Waals surface area contributed by atoms with Crippen LogP contribution in [0.1, 0.15) is 6.42 Å². The van der Waals surface area contributed by atoms with Crippen molar-refractivity contribution in [2.45, 2.75) is 11.7 Å². The zero-order valence-corrected chi connectivity index (χ0v) is 8.46. The second-order valence-corrected chi connectivity index (χ2v) is 4.49. The van der Waals surface area contributed by atoms with Crippen molar-refractivity contribution in [2.75, 3.05) is 5.75 Å². The lowest BCUT2D eigenvalue weighted by molar-refractivity contribution is 1.05. The molecule has 0 saturated heterocycles. The minimum Gasteiger partial charge on any atom is -0.223 e. The van der Waals surface area contributed by atoms with Gasteiger partial charge in [0.1, 0.15) is 5.17 Å². The zero-order chi connectivity index (χ0) is 8.55. The van der Waals surface area contributed by atoms with E-state index in [1.807, 2.05) is 6.08 Å². The van der Waals surface area contributed by atoms with Gasteiger partial charge in [0.2, 0.25) is 5.29 Å². The van der Waals surface area contributed by atoms with Gasteiger partial charge in [-0.05, 0) is 29.9 Å². The summed E-state index contributed by atoms with van der Waals surface area (Å²) >= 11 is 13.4. The van der Waals surface area contributed by atoms with E-state index in [-0.39, 0.29) is 10.5 Å². The Balaban J connectivity index is 2.39. The Morgan fingerprint density at radius 1 is 1.42 bits per heavy atom. The molecule has 2 heterocycles. The maximum absolute atomic E-state index is 5.90. The minimum atomic E-state index is 0.162. The quantitative estimate of drug-likeness (QED) is 0.577. The first-order valence-corrected chi connectivity index (χ1v) is 5.37. The Labute approximate surface area is 84.7 Å². The van der Waals surface area contributed by atoms with Crippen LogP contribution in [0.4, 0.5) is 0 Å². The third-order valence-electron chi connectivity index (χ3n) is 1.67. The van der Waals surface area contributed by atoms with E-state index < -0.39 is 0 Å². The van der Waals surface area contributed by atoms with Gasteiger partial charge in [0.15, 0.2) is 0 Å². The van der Waals surface area contributed by atoms with Crippen LogP contribution in [0.3, 0.4) is 0 Å². The molecule has 0 saturated carbocycles. The lowest BCUT2D eigenvalue weighted by atomic mass is 10.3. The highest BCUT2D eigenvalue weighted by Crippen LogP contribution is 2.29. The Morgan fingerprint density at radius 3 is 3.08 bits per heavy atom. The lowest BCUT2D eigenvalue weighted by Gasteiger charge is -2.14. The number of rotatable bonds is 0. The van der Waals surface area contributed by atoms with Gasteiger partial charge < -0.3 is 0 Å². The lowest BCUT2D eigenvalue weighted by Crippen LogP contribution is -2.12. The summed E-state index contributed by atoms with van der Waals surface area (Å²) in [6.07, 6.45) is 2.98. The van der Waals surface area contributed by atoms with Crippen LogP contribution in [-0.2, 0) is 0 Å². The van der Waals surface area contributed by atoms with E-state index in [4.69, 9.17) is 23.2 Å². The average molecular weight is 221 g/mol. The molecule has 64 valence electrons. The first-order valence-electron chi connectivity index (χ1n) is 3.56. The maximum atomic E-state index is 5.90. The van der Waals surface area contributed by atoms with Gasteiger partial charge in [-0.15, -0.1) is 11.8 Å². The Hall–Kier alpha value is 0.01000. The average Bonchev–Trinajstić information content (AvgIpc) is 2.11. The van der Waals surface area contributed by atoms with Crippen molar-refractivity contribution in [2.24, 2.45) is 9.98 Å². The molecule has 2 aliphatic heterocycles. The number of hydrogen-bond acceptors (Lipinski definition) is 3. The monoisotopic (exact) mass is 220 g/mol. The summed E-state index contributed by atoms with van der Waals surface area (Å²) in [7, 11) is 0. The molecule has 12 heavy (non-hydrogen) atoms. The molecule has 0 amide bonds. The number of allylic oxidation sites excluding steroid dienone is 1. The predicted octanol–water partition coefficient (Wildman–Crippen LogP) is 2.62. The van der Waals surface area contributed by atoms with Crippen molar-refractivity contribution in [1.29, 1.82) is 0 Å². The largest absolute Gasteiger partial charge is 0.223 e. The van der Waals surface area contributed by atoms with Crippen LogP contribution in [-0.4, -0.2) is 21.5 Å². The minimum absolute atomic E-state index is 0.162. The molecule has 0 spiro atoms. The van der Waals surface area contributed by atoms with Crippen molar-refractivity contribution in [3.05, 3.63) is 11.8 Å². The highest BCUT2D eigenvalue weighted by Gasteiger charge is 2.20. The highest BCUT2D eigenvalue weighted by molar-refractivity contribution is 8.01. The molecule has 2 aliphatic rings. The third kappa shape index (κ3) is 1.68. The second kappa shape index (κ2) is 3.40. The molecule has 0 aromatic rings. The third-order valence-corrected chi connectivity index (χ3v) is 3.45. The van der Waals surface area contributed by atoms with Crippen molar-refractivity contribution < 1.29 is 0 Å². The maximum Gasteiger partial charge on any atom is 0.223 e. The van der Waals surface area contributed by atoms with Gasteiger partial charge in [-0.3, -0.25) is 0 Å². The van der Waals surface area contributed by atoms with Crippen molar-refractivity contribution >= 4 is 45.4 Å². The summed E-state index contributed by atoms with van der Waals surface area (Å²) < 4.78 is 0. The Morgan fingerprint density at radius 2 is 2.25 bits per heavy atom. The number of aliphatic imine (C=N–C) groups is 2. The molecule has 5 heteroatoms. The fourth-order valence-corrected chi connectivity index (χ4v) is 2.72. The molecule has 0 aromatic heterocycles. The van der Waals surface area contributed by atoms with Crippen LogP contribution in [0.15, 0.2) is 21.8 Å². The van der Waals surface area contributed by atoms with E-state index in [0.717, 1.165) is 17.9 Å². The summed E-state index contributed by atoms with van der Waals surface area (Å²) in [4.78, 5) is 8.05. The first kappa shape index (κ1) is 8.60.